The first-order valence-corrected chi connectivity index (χ1v) is 8.61. The second kappa shape index (κ2) is 8.48. The minimum absolute atomic E-state index is 0.0499. The Morgan fingerprint density at radius 1 is 1.46 bits per heavy atom. The quantitative estimate of drug-likeness (QED) is 0.856. The molecule has 1 aliphatic rings. The molecule has 1 N–H and O–H groups in total. The van der Waals surface area contributed by atoms with Crippen molar-refractivity contribution in [3.8, 4) is 0 Å². The summed E-state index contributed by atoms with van der Waals surface area (Å²) in [7, 11) is 1.77. The number of carbonyl (C=O) groups is 1. The molecule has 7 nitrogen and oxygen atoms in total. The standard InChI is InChI=1S/C17H30N4O3/c1-12(2)9-21-6-7-23-15(10-21)8-18-17(22)20(5)11-16-13(3)19-24-14(16)4/h12,15H,6-11H2,1-5H3,(H,18,22)/t15-/m1/s1. The molecule has 2 heterocycles. The number of nitrogens with zero attached hydrogens (tertiary/aromatic N) is 3. The molecule has 2 amide bonds. The summed E-state index contributed by atoms with van der Waals surface area (Å²) in [6.45, 7) is 12.8. The first kappa shape index (κ1) is 18.7. The van der Waals surface area contributed by atoms with Gasteiger partial charge in [-0.3, -0.25) is 4.90 Å². The highest BCUT2D eigenvalue weighted by Gasteiger charge is 2.22. The molecule has 0 radical (unpaired) electrons. The fraction of sp³-hybridized carbons (Fsp3) is 0.765. The van der Waals surface area contributed by atoms with Crippen LogP contribution in [-0.4, -0.2) is 66.9 Å². The number of ether oxygens (including phenoxy) is 1. The number of hydrogen-bond donors (Lipinski definition) is 1. The van der Waals surface area contributed by atoms with Gasteiger partial charge in [0.05, 0.1) is 24.9 Å². The van der Waals surface area contributed by atoms with E-state index in [4.69, 9.17) is 9.26 Å². The van der Waals surface area contributed by atoms with Crippen LogP contribution in [0.1, 0.15) is 30.9 Å². The fourth-order valence-electron chi connectivity index (χ4n) is 2.96. The summed E-state index contributed by atoms with van der Waals surface area (Å²) < 4.78 is 10.9. The Morgan fingerprint density at radius 2 is 2.21 bits per heavy atom. The summed E-state index contributed by atoms with van der Waals surface area (Å²) in [6, 6.07) is -0.111. The normalized spacial score (nSPS) is 18.8. The van der Waals surface area contributed by atoms with Crippen molar-refractivity contribution in [2.45, 2.75) is 40.3 Å². The van der Waals surface area contributed by atoms with E-state index in [0.717, 1.165) is 43.3 Å². The predicted molar refractivity (Wildman–Crippen MR) is 91.9 cm³/mol. The van der Waals surface area contributed by atoms with Crippen LogP contribution in [-0.2, 0) is 11.3 Å². The smallest absolute Gasteiger partial charge is 0.317 e. The van der Waals surface area contributed by atoms with Crippen molar-refractivity contribution in [1.29, 1.82) is 0 Å². The number of aryl methyl sites for hydroxylation is 2. The van der Waals surface area contributed by atoms with E-state index in [0.29, 0.717) is 19.0 Å². The topological polar surface area (TPSA) is 70.8 Å². The lowest BCUT2D eigenvalue weighted by atomic mass is 10.2. The van der Waals surface area contributed by atoms with E-state index in [1.807, 2.05) is 13.8 Å². The van der Waals surface area contributed by atoms with Crippen LogP contribution in [0.25, 0.3) is 0 Å². The molecule has 7 heteroatoms. The highest BCUT2D eigenvalue weighted by atomic mass is 16.5. The lowest BCUT2D eigenvalue weighted by Gasteiger charge is -2.34. The van der Waals surface area contributed by atoms with Gasteiger partial charge in [-0.25, -0.2) is 4.79 Å². The first-order valence-electron chi connectivity index (χ1n) is 8.61. The Kier molecular flexibility index (Phi) is 6.62. The number of hydrogen-bond acceptors (Lipinski definition) is 5. The lowest BCUT2D eigenvalue weighted by molar-refractivity contribution is -0.0293. The van der Waals surface area contributed by atoms with E-state index in [-0.39, 0.29) is 12.1 Å². The van der Waals surface area contributed by atoms with Crippen LogP contribution >= 0.6 is 0 Å². The highest BCUT2D eigenvalue weighted by Crippen LogP contribution is 2.14. The minimum atomic E-state index is -0.111. The van der Waals surface area contributed by atoms with Crippen LogP contribution in [0.5, 0.6) is 0 Å². The van der Waals surface area contributed by atoms with Crippen molar-refractivity contribution >= 4 is 6.03 Å². The van der Waals surface area contributed by atoms with E-state index in [1.54, 1.807) is 11.9 Å². The summed E-state index contributed by atoms with van der Waals surface area (Å²) in [6.07, 6.45) is 0.0499. The number of amides is 2. The number of rotatable bonds is 6. The molecule has 0 aromatic carbocycles. The van der Waals surface area contributed by atoms with Crippen LogP contribution in [0.3, 0.4) is 0 Å². The second-order valence-corrected chi connectivity index (χ2v) is 6.99. The summed E-state index contributed by atoms with van der Waals surface area (Å²) in [4.78, 5) is 16.3. The maximum Gasteiger partial charge on any atom is 0.317 e. The van der Waals surface area contributed by atoms with Crippen LogP contribution < -0.4 is 5.32 Å². The largest absolute Gasteiger partial charge is 0.374 e. The SMILES string of the molecule is Cc1noc(C)c1CN(C)C(=O)NC[C@@H]1CN(CC(C)C)CCO1. The monoisotopic (exact) mass is 338 g/mol. The van der Waals surface area contributed by atoms with Crippen molar-refractivity contribution in [3.05, 3.63) is 17.0 Å². The molecule has 0 spiro atoms. The van der Waals surface area contributed by atoms with Crippen LogP contribution in [0.4, 0.5) is 4.79 Å². The Hall–Kier alpha value is -1.60. The molecular weight excluding hydrogens is 308 g/mol. The summed E-state index contributed by atoms with van der Waals surface area (Å²) in [5, 5.41) is 6.88. The van der Waals surface area contributed by atoms with Gasteiger partial charge in [-0.1, -0.05) is 19.0 Å². The van der Waals surface area contributed by atoms with Crippen LogP contribution in [0.15, 0.2) is 4.52 Å². The zero-order chi connectivity index (χ0) is 17.7. The second-order valence-electron chi connectivity index (χ2n) is 6.99. The molecule has 136 valence electrons. The van der Waals surface area contributed by atoms with Crippen LogP contribution in [0.2, 0.25) is 0 Å². The molecular formula is C17H30N4O3. The van der Waals surface area contributed by atoms with Crippen molar-refractivity contribution in [1.82, 2.24) is 20.3 Å². The lowest BCUT2D eigenvalue weighted by Crippen LogP contribution is -2.49. The molecule has 1 aliphatic heterocycles. The van der Waals surface area contributed by atoms with Gasteiger partial charge >= 0.3 is 6.03 Å². The molecule has 0 unspecified atom stereocenters. The Balaban J connectivity index is 1.77. The summed E-state index contributed by atoms with van der Waals surface area (Å²) in [5.41, 5.74) is 1.79. The fourth-order valence-corrected chi connectivity index (χ4v) is 2.96. The van der Waals surface area contributed by atoms with E-state index in [1.165, 1.54) is 0 Å². The van der Waals surface area contributed by atoms with Gasteiger partial charge < -0.3 is 19.5 Å². The first-order chi connectivity index (χ1) is 11.4. The maximum absolute atomic E-state index is 12.3. The van der Waals surface area contributed by atoms with Gasteiger partial charge in [0.25, 0.3) is 0 Å². The average Bonchev–Trinajstić information content (AvgIpc) is 2.84. The molecule has 1 aromatic heterocycles. The third-order valence-electron chi connectivity index (χ3n) is 4.25. The van der Waals surface area contributed by atoms with Gasteiger partial charge in [-0.05, 0) is 19.8 Å². The molecule has 0 saturated carbocycles. The van der Waals surface area contributed by atoms with Gasteiger partial charge in [-0.15, -0.1) is 0 Å². The van der Waals surface area contributed by atoms with E-state index in [9.17, 15) is 4.79 Å². The maximum atomic E-state index is 12.3. The Labute approximate surface area is 144 Å². The van der Waals surface area contributed by atoms with Gasteiger partial charge in [0, 0.05) is 38.8 Å². The molecule has 0 aliphatic carbocycles. The average molecular weight is 338 g/mol. The molecule has 1 fully saturated rings. The molecule has 1 saturated heterocycles. The number of carbonyl (C=O) groups excluding carboxylic acids is 1. The van der Waals surface area contributed by atoms with Crippen molar-refractivity contribution in [2.24, 2.45) is 5.92 Å². The van der Waals surface area contributed by atoms with E-state index >= 15 is 0 Å². The molecule has 24 heavy (non-hydrogen) atoms. The summed E-state index contributed by atoms with van der Waals surface area (Å²) >= 11 is 0. The van der Waals surface area contributed by atoms with E-state index < -0.39 is 0 Å². The molecule has 2 rings (SSSR count). The van der Waals surface area contributed by atoms with Crippen molar-refractivity contribution < 1.29 is 14.1 Å². The molecule has 1 aromatic rings. The minimum Gasteiger partial charge on any atom is -0.374 e. The van der Waals surface area contributed by atoms with Gasteiger partial charge in [0.1, 0.15) is 5.76 Å². The van der Waals surface area contributed by atoms with Gasteiger partial charge in [-0.2, -0.15) is 0 Å². The predicted octanol–water partition coefficient (Wildman–Crippen LogP) is 1.79. The third-order valence-corrected chi connectivity index (χ3v) is 4.25. The number of nitrogens with one attached hydrogen (secondary N) is 1. The highest BCUT2D eigenvalue weighted by molar-refractivity contribution is 5.73. The number of urea groups is 1. The zero-order valence-corrected chi connectivity index (χ0v) is 15.5. The van der Waals surface area contributed by atoms with E-state index in [2.05, 4.69) is 29.2 Å². The van der Waals surface area contributed by atoms with Gasteiger partial charge in [0.2, 0.25) is 0 Å². The number of morpholine rings is 1. The summed E-state index contributed by atoms with van der Waals surface area (Å²) in [5.74, 6) is 1.40. The Bertz CT molecular complexity index is 524. The third kappa shape index (κ3) is 5.21. The van der Waals surface area contributed by atoms with Crippen molar-refractivity contribution in [3.63, 3.8) is 0 Å². The molecule has 0 bridgehead atoms. The zero-order valence-electron chi connectivity index (χ0n) is 15.5. The molecule has 1 atom stereocenters. The number of aromatic nitrogens is 1. The van der Waals surface area contributed by atoms with Crippen molar-refractivity contribution in [2.75, 3.05) is 39.8 Å². The van der Waals surface area contributed by atoms with Crippen LogP contribution in [0, 0.1) is 19.8 Å². The Morgan fingerprint density at radius 3 is 2.83 bits per heavy atom. The van der Waals surface area contributed by atoms with Gasteiger partial charge in [0.15, 0.2) is 0 Å².